The molecule has 0 saturated heterocycles. The first-order valence-electron chi connectivity index (χ1n) is 9.00. The van der Waals surface area contributed by atoms with E-state index in [0.29, 0.717) is 5.41 Å². The SMILES string of the molecule is C=C(CCCCCC)[C@@]1(C)C[C@@H]1/C=C/CCCCCC. The normalized spacial score (nSPS) is 25.2. The summed E-state index contributed by atoms with van der Waals surface area (Å²) in [7, 11) is 0. The average Bonchev–Trinajstić information content (AvgIpc) is 3.11. The third-order valence-electron chi connectivity index (χ3n) is 5.03. The van der Waals surface area contributed by atoms with Gasteiger partial charge in [0.25, 0.3) is 0 Å². The number of hydrogen-bond acceptors (Lipinski definition) is 0. The zero-order chi connectivity index (χ0) is 14.8. The van der Waals surface area contributed by atoms with Crippen molar-refractivity contribution in [2.45, 2.75) is 91.4 Å². The highest BCUT2D eigenvalue weighted by Gasteiger charge is 2.49. The lowest BCUT2D eigenvalue weighted by Gasteiger charge is -2.14. The Kier molecular flexibility index (Phi) is 8.26. The maximum Gasteiger partial charge on any atom is -0.00501 e. The van der Waals surface area contributed by atoms with Crippen LogP contribution in [0.25, 0.3) is 0 Å². The summed E-state index contributed by atoms with van der Waals surface area (Å²) in [6, 6.07) is 0. The van der Waals surface area contributed by atoms with Crippen molar-refractivity contribution in [3.8, 4) is 0 Å². The predicted octanol–water partition coefficient (Wildman–Crippen LogP) is 7.07. The first-order chi connectivity index (χ1) is 9.65. The molecule has 116 valence electrons. The highest BCUT2D eigenvalue weighted by molar-refractivity contribution is 5.25. The Hall–Kier alpha value is -0.520. The third-order valence-corrected chi connectivity index (χ3v) is 5.03. The van der Waals surface area contributed by atoms with Crippen molar-refractivity contribution in [1.82, 2.24) is 0 Å². The van der Waals surface area contributed by atoms with E-state index in [1.807, 2.05) is 0 Å². The Morgan fingerprint density at radius 2 is 1.70 bits per heavy atom. The first-order valence-corrected chi connectivity index (χ1v) is 9.00. The largest absolute Gasteiger partial charge is 0.0993 e. The number of allylic oxidation sites excluding steroid dienone is 3. The molecule has 0 N–H and O–H groups in total. The van der Waals surface area contributed by atoms with Crippen LogP contribution in [-0.4, -0.2) is 0 Å². The molecule has 1 saturated carbocycles. The van der Waals surface area contributed by atoms with Crippen LogP contribution in [0.4, 0.5) is 0 Å². The summed E-state index contributed by atoms with van der Waals surface area (Å²) in [5.41, 5.74) is 1.95. The fraction of sp³-hybridized carbons (Fsp3) is 0.800. The quantitative estimate of drug-likeness (QED) is 0.264. The molecular weight excluding hydrogens is 240 g/mol. The van der Waals surface area contributed by atoms with Gasteiger partial charge in [-0.1, -0.05) is 83.6 Å². The molecular formula is C20H36. The first kappa shape index (κ1) is 17.5. The van der Waals surface area contributed by atoms with E-state index in [2.05, 4.69) is 39.5 Å². The van der Waals surface area contributed by atoms with Crippen LogP contribution in [0, 0.1) is 11.3 Å². The Morgan fingerprint density at radius 1 is 1.05 bits per heavy atom. The molecule has 1 aliphatic rings. The van der Waals surface area contributed by atoms with Crippen molar-refractivity contribution in [3.05, 3.63) is 24.3 Å². The van der Waals surface area contributed by atoms with Crippen molar-refractivity contribution < 1.29 is 0 Å². The molecule has 20 heavy (non-hydrogen) atoms. The van der Waals surface area contributed by atoms with E-state index < -0.39 is 0 Å². The predicted molar refractivity (Wildman–Crippen MR) is 92.0 cm³/mol. The maximum absolute atomic E-state index is 4.37. The number of unbranched alkanes of at least 4 members (excludes halogenated alkanes) is 7. The minimum Gasteiger partial charge on any atom is -0.0993 e. The smallest absolute Gasteiger partial charge is 0.00501 e. The molecule has 1 aliphatic carbocycles. The van der Waals surface area contributed by atoms with E-state index in [4.69, 9.17) is 0 Å². The summed E-state index contributed by atoms with van der Waals surface area (Å²) in [4.78, 5) is 0. The summed E-state index contributed by atoms with van der Waals surface area (Å²) in [5.74, 6) is 0.785. The van der Waals surface area contributed by atoms with Gasteiger partial charge in [-0.05, 0) is 43.4 Å². The second kappa shape index (κ2) is 9.42. The molecule has 0 heteroatoms. The van der Waals surface area contributed by atoms with Crippen LogP contribution >= 0.6 is 0 Å². The molecule has 0 unspecified atom stereocenters. The van der Waals surface area contributed by atoms with Gasteiger partial charge in [0.05, 0.1) is 0 Å². The molecule has 0 amide bonds. The van der Waals surface area contributed by atoms with Crippen molar-refractivity contribution in [1.29, 1.82) is 0 Å². The second-order valence-corrected chi connectivity index (χ2v) is 6.92. The van der Waals surface area contributed by atoms with Crippen LogP contribution in [0.1, 0.15) is 91.4 Å². The molecule has 0 aromatic rings. The molecule has 0 aliphatic heterocycles. The number of rotatable bonds is 12. The topological polar surface area (TPSA) is 0 Å². The van der Waals surface area contributed by atoms with E-state index in [1.54, 1.807) is 0 Å². The summed E-state index contributed by atoms with van der Waals surface area (Å²) in [6.45, 7) is 11.3. The Morgan fingerprint density at radius 3 is 2.35 bits per heavy atom. The molecule has 0 radical (unpaired) electrons. The van der Waals surface area contributed by atoms with Gasteiger partial charge in [-0.25, -0.2) is 0 Å². The van der Waals surface area contributed by atoms with Crippen LogP contribution in [0.15, 0.2) is 24.3 Å². The molecule has 0 bridgehead atoms. The van der Waals surface area contributed by atoms with Gasteiger partial charge in [0.15, 0.2) is 0 Å². The lowest BCUT2D eigenvalue weighted by Crippen LogP contribution is -2.01. The molecule has 0 aromatic carbocycles. The van der Waals surface area contributed by atoms with Crippen LogP contribution in [0.5, 0.6) is 0 Å². The number of hydrogen-bond donors (Lipinski definition) is 0. The van der Waals surface area contributed by atoms with Crippen LogP contribution < -0.4 is 0 Å². The van der Waals surface area contributed by atoms with E-state index in [0.717, 1.165) is 5.92 Å². The standard InChI is InChI=1S/C20H36/c1-5-7-9-11-12-14-16-19-17-20(19,4)18(3)15-13-10-8-6-2/h14,16,19H,3,5-13,15,17H2,1-2,4H3/b16-14+/t19-,20+/m0/s1. The van der Waals surface area contributed by atoms with Crippen molar-refractivity contribution >= 4 is 0 Å². The van der Waals surface area contributed by atoms with Crippen LogP contribution in [-0.2, 0) is 0 Å². The fourth-order valence-electron chi connectivity index (χ4n) is 3.09. The highest BCUT2D eigenvalue weighted by Crippen LogP contribution is 2.58. The zero-order valence-electron chi connectivity index (χ0n) is 14.2. The van der Waals surface area contributed by atoms with E-state index in [-0.39, 0.29) is 0 Å². The molecule has 1 rings (SSSR count). The molecule has 0 spiro atoms. The van der Waals surface area contributed by atoms with Gasteiger partial charge in [-0.2, -0.15) is 0 Å². The van der Waals surface area contributed by atoms with E-state index >= 15 is 0 Å². The minimum absolute atomic E-state index is 0.437. The Labute approximate surface area is 127 Å². The zero-order valence-corrected chi connectivity index (χ0v) is 14.2. The van der Waals surface area contributed by atoms with Gasteiger partial charge in [0.1, 0.15) is 0 Å². The molecule has 0 heterocycles. The molecule has 2 atom stereocenters. The minimum atomic E-state index is 0.437. The summed E-state index contributed by atoms with van der Waals surface area (Å²) >= 11 is 0. The molecule has 1 fully saturated rings. The maximum atomic E-state index is 4.37. The van der Waals surface area contributed by atoms with Gasteiger partial charge in [0.2, 0.25) is 0 Å². The van der Waals surface area contributed by atoms with Gasteiger partial charge < -0.3 is 0 Å². The third kappa shape index (κ3) is 5.85. The Bertz CT molecular complexity index is 299. The van der Waals surface area contributed by atoms with Gasteiger partial charge in [-0.15, -0.1) is 0 Å². The highest BCUT2D eigenvalue weighted by atomic mass is 14.5. The lowest BCUT2D eigenvalue weighted by molar-refractivity contribution is 0.576. The summed E-state index contributed by atoms with van der Waals surface area (Å²) < 4.78 is 0. The van der Waals surface area contributed by atoms with Crippen LogP contribution in [0.3, 0.4) is 0 Å². The summed E-state index contributed by atoms with van der Waals surface area (Å²) in [6.07, 6.45) is 19.7. The Balaban J connectivity index is 2.15. The molecule has 0 aromatic heterocycles. The van der Waals surface area contributed by atoms with Crippen molar-refractivity contribution in [2.24, 2.45) is 11.3 Å². The monoisotopic (exact) mass is 276 g/mol. The van der Waals surface area contributed by atoms with E-state index in [1.165, 1.54) is 76.2 Å². The van der Waals surface area contributed by atoms with Gasteiger partial charge in [0, 0.05) is 0 Å². The average molecular weight is 277 g/mol. The molecule has 0 nitrogen and oxygen atoms in total. The summed E-state index contributed by atoms with van der Waals surface area (Å²) in [5, 5.41) is 0. The van der Waals surface area contributed by atoms with Gasteiger partial charge >= 0.3 is 0 Å². The van der Waals surface area contributed by atoms with Crippen molar-refractivity contribution in [2.75, 3.05) is 0 Å². The van der Waals surface area contributed by atoms with Crippen molar-refractivity contribution in [3.63, 3.8) is 0 Å². The second-order valence-electron chi connectivity index (χ2n) is 6.92. The fourth-order valence-corrected chi connectivity index (χ4v) is 3.09. The van der Waals surface area contributed by atoms with Gasteiger partial charge in [-0.3, -0.25) is 0 Å². The lowest BCUT2D eigenvalue weighted by atomic mass is 9.91. The van der Waals surface area contributed by atoms with Crippen LogP contribution in [0.2, 0.25) is 0 Å². The van der Waals surface area contributed by atoms with E-state index in [9.17, 15) is 0 Å².